The fraction of sp³-hybridized carbons (Fsp3) is 0.308. The molecule has 5 rings (SSSR count). The zero-order valence-electron chi connectivity index (χ0n) is 20.2. The van der Waals surface area contributed by atoms with Gasteiger partial charge in [-0.3, -0.25) is 9.36 Å². The molecule has 0 spiro atoms. The number of halogens is 1. The van der Waals surface area contributed by atoms with Crippen molar-refractivity contribution < 1.29 is 9.53 Å². The second kappa shape index (κ2) is 10.7. The average molecular weight is 540 g/mol. The minimum atomic E-state index is -0.0478. The maximum absolute atomic E-state index is 13.0. The molecule has 2 unspecified atom stereocenters. The van der Waals surface area contributed by atoms with Gasteiger partial charge >= 0.3 is 0 Å². The highest BCUT2D eigenvalue weighted by molar-refractivity contribution is 7.98. The molecule has 3 heterocycles. The van der Waals surface area contributed by atoms with Crippen molar-refractivity contribution in [2.45, 2.75) is 43.9 Å². The van der Waals surface area contributed by atoms with E-state index in [9.17, 15) is 4.79 Å². The minimum Gasteiger partial charge on any atom is -0.372 e. The number of thiazole rings is 1. The maximum Gasteiger partial charge on any atom is 0.273 e. The number of aryl methyl sites for hydroxylation is 1. The molecule has 1 fully saturated rings. The predicted octanol–water partition coefficient (Wildman–Crippen LogP) is 5.89. The summed E-state index contributed by atoms with van der Waals surface area (Å²) in [5, 5.41) is 13.0. The predicted molar refractivity (Wildman–Crippen MR) is 144 cm³/mol. The average Bonchev–Trinajstić information content (AvgIpc) is 3.50. The molecule has 7 nitrogen and oxygen atoms in total. The Morgan fingerprint density at radius 1 is 1.11 bits per heavy atom. The molecule has 0 aliphatic carbocycles. The largest absolute Gasteiger partial charge is 0.372 e. The lowest BCUT2D eigenvalue weighted by Gasteiger charge is -2.34. The number of benzene rings is 2. The van der Waals surface area contributed by atoms with Crippen molar-refractivity contribution >= 4 is 40.6 Å². The molecule has 0 radical (unpaired) electrons. The number of amides is 1. The van der Waals surface area contributed by atoms with Gasteiger partial charge in [-0.25, -0.2) is 4.98 Å². The standard InChI is InChI=1S/C26H26ClN5O2S2/c1-16-8-10-19(11-9-16)32-24(20-6-4-5-7-21(20)27)29-30-26(32)36-15-23-28-22(14-35-23)25(33)31-12-17(2)34-18(3)13-31/h4-11,14,17-18H,12-13,15H2,1-3H3. The molecule has 2 aromatic heterocycles. The number of carbonyl (C=O) groups is 1. The highest BCUT2D eigenvalue weighted by Crippen LogP contribution is 2.33. The fourth-order valence-corrected chi connectivity index (χ4v) is 6.17. The Morgan fingerprint density at radius 2 is 1.83 bits per heavy atom. The van der Waals surface area contributed by atoms with E-state index in [0.717, 1.165) is 21.4 Å². The summed E-state index contributed by atoms with van der Waals surface area (Å²) in [7, 11) is 0. The van der Waals surface area contributed by atoms with E-state index in [2.05, 4.69) is 34.2 Å². The molecule has 4 aromatic rings. The Hall–Kier alpha value is -2.72. The first-order chi connectivity index (χ1) is 17.4. The van der Waals surface area contributed by atoms with Crippen LogP contribution in [0.3, 0.4) is 0 Å². The molecule has 1 aliphatic rings. The Morgan fingerprint density at radius 3 is 2.56 bits per heavy atom. The van der Waals surface area contributed by atoms with Crippen molar-refractivity contribution in [3.05, 3.63) is 75.2 Å². The smallest absolute Gasteiger partial charge is 0.273 e. The first-order valence-electron chi connectivity index (χ1n) is 11.7. The van der Waals surface area contributed by atoms with Crippen LogP contribution in [0.1, 0.15) is 34.9 Å². The number of morpholine rings is 1. The zero-order chi connectivity index (χ0) is 25.2. The van der Waals surface area contributed by atoms with Crippen LogP contribution in [0.15, 0.2) is 59.1 Å². The van der Waals surface area contributed by atoms with Crippen LogP contribution in [0.4, 0.5) is 0 Å². The van der Waals surface area contributed by atoms with E-state index in [4.69, 9.17) is 16.3 Å². The molecule has 2 aromatic carbocycles. The topological polar surface area (TPSA) is 73.1 Å². The Labute approximate surface area is 223 Å². The third kappa shape index (κ3) is 5.34. The monoisotopic (exact) mass is 539 g/mol. The molecule has 1 saturated heterocycles. The Kier molecular flexibility index (Phi) is 7.43. The number of ether oxygens (including phenoxy) is 1. The zero-order valence-corrected chi connectivity index (χ0v) is 22.6. The highest BCUT2D eigenvalue weighted by Gasteiger charge is 2.28. The summed E-state index contributed by atoms with van der Waals surface area (Å²) in [5.74, 6) is 1.20. The lowest BCUT2D eigenvalue weighted by atomic mass is 10.2. The Bertz CT molecular complexity index is 1360. The highest BCUT2D eigenvalue weighted by atomic mass is 35.5. The molecule has 2 atom stereocenters. The SMILES string of the molecule is Cc1ccc(-n2c(SCc3nc(C(=O)N4CC(C)OC(C)C4)cs3)nnc2-c2ccccc2Cl)cc1. The van der Waals surface area contributed by atoms with Crippen LogP contribution in [-0.4, -0.2) is 55.9 Å². The third-order valence-corrected chi connectivity index (χ3v) is 8.14. The van der Waals surface area contributed by atoms with Crippen LogP contribution < -0.4 is 0 Å². The van der Waals surface area contributed by atoms with Gasteiger partial charge in [0.2, 0.25) is 0 Å². The summed E-state index contributed by atoms with van der Waals surface area (Å²) in [6.07, 6.45) is 0.0404. The third-order valence-electron chi connectivity index (χ3n) is 5.84. The molecule has 186 valence electrons. The van der Waals surface area contributed by atoms with Crippen molar-refractivity contribution in [3.63, 3.8) is 0 Å². The summed E-state index contributed by atoms with van der Waals surface area (Å²) in [6, 6.07) is 15.8. The van der Waals surface area contributed by atoms with Crippen LogP contribution in [0.5, 0.6) is 0 Å². The maximum atomic E-state index is 13.0. The van der Waals surface area contributed by atoms with Gasteiger partial charge in [0.05, 0.1) is 23.0 Å². The van der Waals surface area contributed by atoms with Gasteiger partial charge in [-0.15, -0.1) is 21.5 Å². The first-order valence-corrected chi connectivity index (χ1v) is 13.9. The van der Waals surface area contributed by atoms with E-state index >= 15 is 0 Å². The lowest BCUT2D eigenvalue weighted by Crippen LogP contribution is -2.48. The molecule has 1 amide bonds. The van der Waals surface area contributed by atoms with Gasteiger partial charge < -0.3 is 9.64 Å². The van der Waals surface area contributed by atoms with Gasteiger partial charge in [0.25, 0.3) is 5.91 Å². The summed E-state index contributed by atoms with van der Waals surface area (Å²) in [6.45, 7) is 7.19. The van der Waals surface area contributed by atoms with E-state index in [1.165, 1.54) is 28.7 Å². The Balaban J connectivity index is 1.38. The molecule has 1 aliphatic heterocycles. The van der Waals surface area contributed by atoms with Crippen molar-refractivity contribution in [3.8, 4) is 17.1 Å². The van der Waals surface area contributed by atoms with Crippen LogP contribution in [0, 0.1) is 6.92 Å². The number of carbonyl (C=O) groups excluding carboxylic acids is 1. The number of nitrogens with zero attached hydrogens (tertiary/aromatic N) is 5. The van der Waals surface area contributed by atoms with Gasteiger partial charge in [0.15, 0.2) is 11.0 Å². The van der Waals surface area contributed by atoms with Gasteiger partial charge in [0.1, 0.15) is 10.7 Å². The normalized spacial score (nSPS) is 17.9. The van der Waals surface area contributed by atoms with Gasteiger partial charge in [0, 0.05) is 29.7 Å². The second-order valence-electron chi connectivity index (χ2n) is 8.84. The molecular formula is C26H26ClN5O2S2. The number of hydrogen-bond donors (Lipinski definition) is 0. The minimum absolute atomic E-state index is 0.0202. The first kappa shape index (κ1) is 25.0. The van der Waals surface area contributed by atoms with E-state index in [1.807, 2.05) is 65.1 Å². The molecule has 36 heavy (non-hydrogen) atoms. The number of rotatable bonds is 6. The van der Waals surface area contributed by atoms with E-state index in [0.29, 0.717) is 35.4 Å². The van der Waals surface area contributed by atoms with Crippen LogP contribution in [0.2, 0.25) is 5.02 Å². The number of hydrogen-bond acceptors (Lipinski definition) is 7. The summed E-state index contributed by atoms with van der Waals surface area (Å²) < 4.78 is 7.77. The second-order valence-corrected chi connectivity index (χ2v) is 11.1. The van der Waals surface area contributed by atoms with E-state index in [-0.39, 0.29) is 18.1 Å². The molecule has 0 N–H and O–H groups in total. The van der Waals surface area contributed by atoms with Gasteiger partial charge in [-0.1, -0.05) is 53.2 Å². The van der Waals surface area contributed by atoms with Gasteiger partial charge in [-0.2, -0.15) is 0 Å². The molecular weight excluding hydrogens is 514 g/mol. The fourth-order valence-electron chi connectivity index (χ4n) is 4.21. The summed E-state index contributed by atoms with van der Waals surface area (Å²) in [5.41, 5.74) is 3.42. The number of aromatic nitrogens is 4. The molecule has 0 bridgehead atoms. The van der Waals surface area contributed by atoms with Crippen LogP contribution >= 0.6 is 34.7 Å². The van der Waals surface area contributed by atoms with Crippen molar-refractivity contribution in [1.82, 2.24) is 24.6 Å². The summed E-state index contributed by atoms with van der Waals surface area (Å²) >= 11 is 9.51. The van der Waals surface area contributed by atoms with Crippen LogP contribution in [0.25, 0.3) is 17.1 Å². The molecule has 10 heteroatoms. The van der Waals surface area contributed by atoms with Crippen molar-refractivity contribution in [2.24, 2.45) is 0 Å². The quantitative estimate of drug-likeness (QED) is 0.284. The van der Waals surface area contributed by atoms with Gasteiger partial charge in [-0.05, 0) is 45.0 Å². The van der Waals surface area contributed by atoms with E-state index in [1.54, 1.807) is 0 Å². The van der Waals surface area contributed by atoms with E-state index < -0.39 is 0 Å². The van der Waals surface area contributed by atoms with Crippen molar-refractivity contribution in [2.75, 3.05) is 13.1 Å². The van der Waals surface area contributed by atoms with Crippen molar-refractivity contribution in [1.29, 1.82) is 0 Å². The summed E-state index contributed by atoms with van der Waals surface area (Å²) in [4.78, 5) is 19.5. The lowest BCUT2D eigenvalue weighted by molar-refractivity contribution is -0.0587. The van der Waals surface area contributed by atoms with Crippen LogP contribution in [-0.2, 0) is 10.5 Å². The number of thioether (sulfide) groups is 1. The molecule has 0 saturated carbocycles.